The lowest BCUT2D eigenvalue weighted by atomic mass is 9.84. The summed E-state index contributed by atoms with van der Waals surface area (Å²) in [5.74, 6) is 1.94. The highest BCUT2D eigenvalue weighted by molar-refractivity contribution is 14.0. The van der Waals surface area contributed by atoms with Crippen molar-refractivity contribution in [2.75, 3.05) is 45.2 Å². The van der Waals surface area contributed by atoms with E-state index in [1.807, 2.05) is 27.2 Å². The SMILES string of the molecule is CCNC(=NCc1ccc(N2CC(C)OC(C)C2)nc1)NCC1(C(=O)N(C)C)CCCC1.I. The van der Waals surface area contributed by atoms with Gasteiger partial charge in [-0.05, 0) is 45.2 Å². The number of carbonyl (C=O) groups excluding carboxylic acids is 1. The van der Waals surface area contributed by atoms with Gasteiger partial charge in [0.15, 0.2) is 5.96 Å². The number of guanidine groups is 1. The highest BCUT2D eigenvalue weighted by Crippen LogP contribution is 2.38. The van der Waals surface area contributed by atoms with E-state index >= 15 is 0 Å². The van der Waals surface area contributed by atoms with E-state index in [4.69, 9.17) is 9.73 Å². The first-order chi connectivity index (χ1) is 15.3. The summed E-state index contributed by atoms with van der Waals surface area (Å²) in [6.07, 6.45) is 6.39. The third-order valence-electron chi connectivity index (χ3n) is 6.33. The van der Waals surface area contributed by atoms with Gasteiger partial charge in [-0.1, -0.05) is 18.9 Å². The summed E-state index contributed by atoms with van der Waals surface area (Å²) >= 11 is 0. The number of carbonyl (C=O) groups is 1. The van der Waals surface area contributed by atoms with Crippen LogP contribution in [0.15, 0.2) is 23.3 Å². The summed E-state index contributed by atoms with van der Waals surface area (Å²) in [5, 5.41) is 6.74. The van der Waals surface area contributed by atoms with Crippen molar-refractivity contribution in [3.8, 4) is 0 Å². The number of halogens is 1. The topological polar surface area (TPSA) is 82.1 Å². The zero-order valence-corrected chi connectivity index (χ0v) is 23.1. The van der Waals surface area contributed by atoms with Crippen LogP contribution in [0.4, 0.5) is 5.82 Å². The van der Waals surface area contributed by atoms with Crippen LogP contribution < -0.4 is 15.5 Å². The molecule has 3 rings (SSSR count). The Hall–Kier alpha value is -1.62. The van der Waals surface area contributed by atoms with Gasteiger partial charge in [-0.25, -0.2) is 9.98 Å². The second-order valence-electron chi connectivity index (χ2n) is 9.42. The van der Waals surface area contributed by atoms with Crippen molar-refractivity contribution in [2.24, 2.45) is 10.4 Å². The quantitative estimate of drug-likeness (QED) is 0.297. The van der Waals surface area contributed by atoms with Crippen LogP contribution in [0.25, 0.3) is 0 Å². The number of aliphatic imine (C=N–C) groups is 1. The maximum atomic E-state index is 12.8. The molecule has 2 aliphatic rings. The maximum absolute atomic E-state index is 12.8. The van der Waals surface area contributed by atoms with Gasteiger partial charge in [0, 0.05) is 46.5 Å². The Bertz CT molecular complexity index is 770. The molecule has 2 N–H and O–H groups in total. The van der Waals surface area contributed by atoms with Crippen molar-refractivity contribution in [2.45, 2.75) is 65.2 Å². The molecule has 1 aromatic heterocycles. The van der Waals surface area contributed by atoms with Gasteiger partial charge in [-0.3, -0.25) is 4.79 Å². The van der Waals surface area contributed by atoms with Crippen molar-refractivity contribution in [3.63, 3.8) is 0 Å². The number of pyridine rings is 1. The van der Waals surface area contributed by atoms with Crippen LogP contribution in [-0.4, -0.2) is 74.2 Å². The third-order valence-corrected chi connectivity index (χ3v) is 6.33. The van der Waals surface area contributed by atoms with Gasteiger partial charge in [0.25, 0.3) is 0 Å². The number of ether oxygens (including phenoxy) is 1. The minimum atomic E-state index is -0.324. The number of nitrogens with one attached hydrogen (secondary N) is 2. The number of aromatic nitrogens is 1. The summed E-state index contributed by atoms with van der Waals surface area (Å²) in [7, 11) is 3.69. The van der Waals surface area contributed by atoms with Crippen LogP contribution in [0.1, 0.15) is 52.0 Å². The van der Waals surface area contributed by atoms with Crippen molar-refractivity contribution >= 4 is 41.7 Å². The van der Waals surface area contributed by atoms with E-state index in [2.05, 4.69) is 46.5 Å². The number of hydrogen-bond donors (Lipinski definition) is 2. The molecule has 1 saturated heterocycles. The van der Waals surface area contributed by atoms with Crippen LogP contribution in [0.2, 0.25) is 0 Å². The van der Waals surface area contributed by atoms with Gasteiger partial charge in [-0.15, -0.1) is 24.0 Å². The summed E-state index contributed by atoms with van der Waals surface area (Å²) in [6.45, 7) is 9.88. The van der Waals surface area contributed by atoms with E-state index in [1.165, 1.54) is 0 Å². The smallest absolute Gasteiger partial charge is 0.230 e. The number of morpholine rings is 1. The molecule has 0 spiro atoms. The van der Waals surface area contributed by atoms with Gasteiger partial charge >= 0.3 is 0 Å². The van der Waals surface area contributed by atoms with Crippen LogP contribution in [0.3, 0.4) is 0 Å². The number of hydrogen-bond acceptors (Lipinski definition) is 5. The Kier molecular flexibility index (Phi) is 10.7. The number of amides is 1. The molecule has 0 radical (unpaired) electrons. The van der Waals surface area contributed by atoms with Crippen molar-refractivity contribution in [3.05, 3.63) is 23.9 Å². The van der Waals surface area contributed by atoms with Gasteiger partial charge in [0.05, 0.1) is 24.2 Å². The second-order valence-corrected chi connectivity index (χ2v) is 9.42. The largest absolute Gasteiger partial charge is 0.372 e. The number of anilines is 1. The monoisotopic (exact) mass is 572 g/mol. The molecule has 186 valence electrons. The molecule has 2 fully saturated rings. The Morgan fingerprint density at radius 2 is 1.88 bits per heavy atom. The molecule has 1 saturated carbocycles. The van der Waals surface area contributed by atoms with Gasteiger partial charge in [0.1, 0.15) is 5.82 Å². The number of nitrogens with zero attached hydrogens (tertiary/aromatic N) is 4. The van der Waals surface area contributed by atoms with E-state index in [1.54, 1.807) is 4.90 Å². The van der Waals surface area contributed by atoms with Gasteiger partial charge in [0.2, 0.25) is 5.91 Å². The Morgan fingerprint density at radius 3 is 2.42 bits per heavy atom. The summed E-state index contributed by atoms with van der Waals surface area (Å²) in [6, 6.07) is 4.16. The second kappa shape index (κ2) is 12.7. The molecule has 2 unspecified atom stereocenters. The highest BCUT2D eigenvalue weighted by Gasteiger charge is 2.42. The van der Waals surface area contributed by atoms with E-state index < -0.39 is 0 Å². The van der Waals surface area contributed by atoms with Crippen LogP contribution in [0, 0.1) is 5.41 Å². The normalized spacial score (nSPS) is 22.5. The summed E-state index contributed by atoms with van der Waals surface area (Å²) in [4.78, 5) is 26.2. The molecule has 2 heterocycles. The van der Waals surface area contributed by atoms with E-state index in [0.29, 0.717) is 13.1 Å². The minimum absolute atomic E-state index is 0. The zero-order chi connectivity index (χ0) is 23.1. The molecule has 33 heavy (non-hydrogen) atoms. The van der Waals surface area contributed by atoms with Crippen molar-refractivity contribution in [1.29, 1.82) is 0 Å². The Morgan fingerprint density at radius 1 is 1.21 bits per heavy atom. The average molecular weight is 573 g/mol. The molecule has 8 nitrogen and oxygen atoms in total. The van der Waals surface area contributed by atoms with Crippen LogP contribution >= 0.6 is 24.0 Å². The molecule has 0 aromatic carbocycles. The average Bonchev–Trinajstić information content (AvgIpc) is 3.25. The predicted molar refractivity (Wildman–Crippen MR) is 144 cm³/mol. The van der Waals surface area contributed by atoms with Gasteiger partial charge in [-0.2, -0.15) is 0 Å². The van der Waals surface area contributed by atoms with Crippen molar-refractivity contribution < 1.29 is 9.53 Å². The molecule has 1 aliphatic heterocycles. The van der Waals surface area contributed by atoms with Crippen LogP contribution in [-0.2, 0) is 16.1 Å². The molecule has 0 bridgehead atoms. The Labute approximate surface area is 216 Å². The zero-order valence-electron chi connectivity index (χ0n) is 20.8. The summed E-state index contributed by atoms with van der Waals surface area (Å²) < 4.78 is 5.82. The lowest BCUT2D eigenvalue weighted by Gasteiger charge is -2.36. The fourth-order valence-electron chi connectivity index (χ4n) is 4.82. The van der Waals surface area contributed by atoms with Crippen molar-refractivity contribution in [1.82, 2.24) is 20.5 Å². The first-order valence-corrected chi connectivity index (χ1v) is 11.9. The summed E-state index contributed by atoms with van der Waals surface area (Å²) in [5.41, 5.74) is 0.732. The Balaban J connectivity index is 0.00000385. The molecular weight excluding hydrogens is 531 g/mol. The van der Waals surface area contributed by atoms with E-state index in [-0.39, 0.29) is 47.5 Å². The molecule has 1 amide bonds. The fraction of sp³-hybridized carbons (Fsp3) is 0.708. The first kappa shape index (κ1) is 27.6. The first-order valence-electron chi connectivity index (χ1n) is 11.9. The predicted octanol–water partition coefficient (Wildman–Crippen LogP) is 3.02. The highest BCUT2D eigenvalue weighted by atomic mass is 127. The lowest BCUT2D eigenvalue weighted by Crippen LogP contribution is -2.49. The molecule has 1 aliphatic carbocycles. The molecular formula is C24H41IN6O2. The lowest BCUT2D eigenvalue weighted by molar-refractivity contribution is -0.138. The van der Waals surface area contributed by atoms with E-state index in [0.717, 1.165) is 62.7 Å². The minimum Gasteiger partial charge on any atom is -0.372 e. The number of rotatable bonds is 7. The standard InChI is InChI=1S/C24H40N6O2.HI/c1-6-25-23(28-17-24(11-7-8-12-24)22(31)29(4)5)27-14-20-9-10-21(26-13-20)30-15-18(2)32-19(3)16-30;/h9-10,13,18-19H,6-8,11-12,14-17H2,1-5H3,(H2,25,27,28);1H. The van der Waals surface area contributed by atoms with Crippen LogP contribution in [0.5, 0.6) is 0 Å². The van der Waals surface area contributed by atoms with Gasteiger partial charge < -0.3 is 25.2 Å². The third kappa shape index (κ3) is 7.43. The molecule has 1 aromatic rings. The molecule has 9 heteroatoms. The maximum Gasteiger partial charge on any atom is 0.230 e. The van der Waals surface area contributed by atoms with E-state index in [9.17, 15) is 4.79 Å². The molecule has 2 atom stereocenters. The fourth-order valence-corrected chi connectivity index (χ4v) is 4.82.